The third kappa shape index (κ3) is 3.93. The average molecular weight is 308 g/mol. The van der Waals surface area contributed by atoms with Crippen LogP contribution in [-0.4, -0.2) is 24.7 Å². The van der Waals surface area contributed by atoms with Gasteiger partial charge in [0.15, 0.2) is 5.69 Å². The first-order valence-electron chi connectivity index (χ1n) is 6.87. The molecule has 0 bridgehead atoms. The lowest BCUT2D eigenvalue weighted by Crippen LogP contribution is -2.17. The molecule has 20 heavy (non-hydrogen) atoms. The van der Waals surface area contributed by atoms with Crippen molar-refractivity contribution < 1.29 is 17.9 Å². The number of thiazole rings is 1. The number of aromatic nitrogens is 1. The second-order valence-corrected chi connectivity index (χ2v) is 6.00. The maximum atomic E-state index is 13.0. The van der Waals surface area contributed by atoms with Crippen molar-refractivity contribution >= 4 is 11.3 Å². The highest BCUT2D eigenvalue weighted by molar-refractivity contribution is 7.11. The summed E-state index contributed by atoms with van der Waals surface area (Å²) in [5.74, 6) is 0.106. The zero-order chi connectivity index (χ0) is 14.6. The number of nitrogens with one attached hydrogen (secondary N) is 1. The molecule has 1 aliphatic rings. The molecule has 1 N–H and O–H groups in total. The molecule has 0 atom stereocenters. The number of hydrogen-bond acceptors (Lipinski definition) is 4. The summed E-state index contributed by atoms with van der Waals surface area (Å²) in [5.41, 5.74) is -0.715. The standard InChI is InChI=1S/C13H19F3N2OS/c1-2-5-17-8-10-11(13(14,15)16)18-12(20-10)9-3-6-19-7-4-9/h9,17H,2-8H2,1H3. The minimum absolute atomic E-state index is 0.106. The fourth-order valence-electron chi connectivity index (χ4n) is 2.21. The minimum Gasteiger partial charge on any atom is -0.381 e. The molecule has 2 rings (SSSR count). The summed E-state index contributed by atoms with van der Waals surface area (Å²) in [7, 11) is 0. The van der Waals surface area contributed by atoms with Gasteiger partial charge in [0.05, 0.1) is 9.88 Å². The summed E-state index contributed by atoms with van der Waals surface area (Å²) in [5, 5.41) is 3.63. The van der Waals surface area contributed by atoms with Crippen LogP contribution >= 0.6 is 11.3 Å². The maximum absolute atomic E-state index is 13.0. The molecule has 114 valence electrons. The van der Waals surface area contributed by atoms with Crippen molar-refractivity contribution in [2.24, 2.45) is 0 Å². The Morgan fingerprint density at radius 2 is 2.05 bits per heavy atom. The first-order chi connectivity index (χ1) is 9.52. The van der Waals surface area contributed by atoms with E-state index in [2.05, 4.69) is 10.3 Å². The summed E-state index contributed by atoms with van der Waals surface area (Å²) >= 11 is 1.19. The number of halogens is 3. The van der Waals surface area contributed by atoms with E-state index in [1.54, 1.807) is 0 Å². The summed E-state index contributed by atoms with van der Waals surface area (Å²) < 4.78 is 44.3. The molecule has 0 unspecified atom stereocenters. The van der Waals surface area contributed by atoms with Gasteiger partial charge in [-0.25, -0.2) is 4.98 Å². The minimum atomic E-state index is -4.37. The van der Waals surface area contributed by atoms with Gasteiger partial charge in [-0.1, -0.05) is 6.92 Å². The van der Waals surface area contributed by atoms with Gasteiger partial charge in [0.1, 0.15) is 0 Å². The Morgan fingerprint density at radius 3 is 2.65 bits per heavy atom. The van der Waals surface area contributed by atoms with Crippen LogP contribution in [0.1, 0.15) is 47.7 Å². The van der Waals surface area contributed by atoms with Gasteiger partial charge in [-0.15, -0.1) is 11.3 Å². The summed E-state index contributed by atoms with van der Waals surface area (Å²) in [6.45, 7) is 4.15. The lowest BCUT2D eigenvalue weighted by Gasteiger charge is -2.19. The van der Waals surface area contributed by atoms with E-state index in [-0.39, 0.29) is 12.5 Å². The highest BCUT2D eigenvalue weighted by atomic mass is 32.1. The molecule has 1 aliphatic heterocycles. The topological polar surface area (TPSA) is 34.1 Å². The predicted octanol–water partition coefficient (Wildman–Crippen LogP) is 3.56. The van der Waals surface area contributed by atoms with Crippen LogP contribution in [0.2, 0.25) is 0 Å². The van der Waals surface area contributed by atoms with E-state index in [4.69, 9.17) is 4.74 Å². The number of nitrogens with zero attached hydrogens (tertiary/aromatic N) is 1. The zero-order valence-corrected chi connectivity index (χ0v) is 12.2. The molecule has 0 radical (unpaired) electrons. The second-order valence-electron chi connectivity index (χ2n) is 4.89. The Labute approximate surface area is 120 Å². The Balaban J connectivity index is 2.17. The van der Waals surface area contributed by atoms with Crippen LogP contribution in [0, 0.1) is 0 Å². The van der Waals surface area contributed by atoms with Crippen LogP contribution in [0.15, 0.2) is 0 Å². The summed E-state index contributed by atoms with van der Waals surface area (Å²) in [6, 6.07) is 0. The zero-order valence-electron chi connectivity index (χ0n) is 11.4. The van der Waals surface area contributed by atoms with Crippen LogP contribution in [0.4, 0.5) is 13.2 Å². The molecule has 1 saturated heterocycles. The quantitative estimate of drug-likeness (QED) is 0.845. The fourth-order valence-corrected chi connectivity index (χ4v) is 3.43. The summed E-state index contributed by atoms with van der Waals surface area (Å²) in [6.07, 6.45) is -1.96. The molecule has 0 aromatic carbocycles. The molecule has 0 saturated carbocycles. The van der Waals surface area contributed by atoms with Crippen LogP contribution in [0.3, 0.4) is 0 Å². The van der Waals surface area contributed by atoms with Gasteiger partial charge in [0.2, 0.25) is 0 Å². The first kappa shape index (κ1) is 15.7. The van der Waals surface area contributed by atoms with Gasteiger partial charge >= 0.3 is 6.18 Å². The highest BCUT2D eigenvalue weighted by Gasteiger charge is 2.38. The van der Waals surface area contributed by atoms with Crippen molar-refractivity contribution in [1.29, 1.82) is 0 Å². The van der Waals surface area contributed by atoms with Crippen LogP contribution in [-0.2, 0) is 17.5 Å². The second kappa shape index (κ2) is 6.87. The van der Waals surface area contributed by atoms with Crippen LogP contribution < -0.4 is 5.32 Å². The van der Waals surface area contributed by atoms with E-state index in [9.17, 15) is 13.2 Å². The van der Waals surface area contributed by atoms with E-state index in [1.807, 2.05) is 6.92 Å². The molecule has 0 amide bonds. The third-order valence-electron chi connectivity index (χ3n) is 3.27. The van der Waals surface area contributed by atoms with Crippen molar-refractivity contribution in [1.82, 2.24) is 10.3 Å². The summed E-state index contributed by atoms with van der Waals surface area (Å²) in [4.78, 5) is 4.18. The van der Waals surface area contributed by atoms with Crippen molar-refractivity contribution in [2.45, 2.75) is 44.8 Å². The monoisotopic (exact) mass is 308 g/mol. The van der Waals surface area contributed by atoms with E-state index >= 15 is 0 Å². The van der Waals surface area contributed by atoms with Gasteiger partial charge in [-0.3, -0.25) is 0 Å². The molecule has 7 heteroatoms. The molecule has 3 nitrogen and oxygen atoms in total. The number of ether oxygens (including phenoxy) is 1. The van der Waals surface area contributed by atoms with Crippen LogP contribution in [0.25, 0.3) is 0 Å². The van der Waals surface area contributed by atoms with E-state index < -0.39 is 11.9 Å². The molecule has 0 aliphatic carbocycles. The third-order valence-corrected chi connectivity index (χ3v) is 4.48. The molecule has 1 fully saturated rings. The lowest BCUT2D eigenvalue weighted by atomic mass is 10.0. The normalized spacial score (nSPS) is 17.6. The molecule has 0 spiro atoms. The number of rotatable bonds is 5. The number of alkyl halides is 3. The average Bonchev–Trinajstić information content (AvgIpc) is 2.84. The molecule has 1 aromatic rings. The molecular weight excluding hydrogens is 289 g/mol. The lowest BCUT2D eigenvalue weighted by molar-refractivity contribution is -0.141. The Hall–Kier alpha value is -0.660. The maximum Gasteiger partial charge on any atom is 0.434 e. The highest BCUT2D eigenvalue weighted by Crippen LogP contribution is 2.38. The van der Waals surface area contributed by atoms with E-state index in [0.717, 1.165) is 19.3 Å². The van der Waals surface area contributed by atoms with E-state index in [0.29, 0.717) is 29.6 Å². The largest absolute Gasteiger partial charge is 0.434 e. The smallest absolute Gasteiger partial charge is 0.381 e. The Kier molecular flexibility index (Phi) is 5.40. The predicted molar refractivity (Wildman–Crippen MR) is 71.9 cm³/mol. The first-order valence-corrected chi connectivity index (χ1v) is 7.69. The van der Waals surface area contributed by atoms with Crippen molar-refractivity contribution in [2.75, 3.05) is 19.8 Å². The van der Waals surface area contributed by atoms with Gasteiger partial charge in [0, 0.05) is 25.7 Å². The molecule has 2 heterocycles. The Morgan fingerprint density at radius 1 is 1.35 bits per heavy atom. The number of hydrogen-bond donors (Lipinski definition) is 1. The van der Waals surface area contributed by atoms with Crippen LogP contribution in [0.5, 0.6) is 0 Å². The van der Waals surface area contributed by atoms with Gasteiger partial charge in [-0.2, -0.15) is 13.2 Å². The van der Waals surface area contributed by atoms with Crippen molar-refractivity contribution in [3.05, 3.63) is 15.6 Å². The van der Waals surface area contributed by atoms with E-state index in [1.165, 1.54) is 11.3 Å². The Bertz CT molecular complexity index is 428. The van der Waals surface area contributed by atoms with Gasteiger partial charge < -0.3 is 10.1 Å². The van der Waals surface area contributed by atoms with Gasteiger partial charge in [0.25, 0.3) is 0 Å². The molecular formula is C13H19F3N2OS. The van der Waals surface area contributed by atoms with Gasteiger partial charge in [-0.05, 0) is 25.8 Å². The fraction of sp³-hybridized carbons (Fsp3) is 0.769. The molecule has 1 aromatic heterocycles. The SMILES string of the molecule is CCCNCc1sc(C2CCOCC2)nc1C(F)(F)F. The van der Waals surface area contributed by atoms with Crippen molar-refractivity contribution in [3.8, 4) is 0 Å². The van der Waals surface area contributed by atoms with Crippen molar-refractivity contribution in [3.63, 3.8) is 0 Å².